The number of amides is 1. The SMILES string of the molecule is CCN(C(=O)CN1CCC(NS(=O)(=O)c2ccccc2)CC1)C1CCCCC1. The molecule has 3 rings (SSSR count). The summed E-state index contributed by atoms with van der Waals surface area (Å²) in [6, 6.07) is 8.82. The van der Waals surface area contributed by atoms with Gasteiger partial charge in [-0.3, -0.25) is 9.69 Å². The number of carbonyl (C=O) groups excluding carboxylic acids is 1. The number of sulfonamides is 1. The summed E-state index contributed by atoms with van der Waals surface area (Å²) in [6.45, 7) is 4.78. The molecule has 1 N–H and O–H groups in total. The molecule has 1 aliphatic heterocycles. The first-order chi connectivity index (χ1) is 13.5. The summed E-state index contributed by atoms with van der Waals surface area (Å²) in [5.41, 5.74) is 0. The van der Waals surface area contributed by atoms with E-state index in [1.54, 1.807) is 30.3 Å². The van der Waals surface area contributed by atoms with Crippen molar-refractivity contribution < 1.29 is 13.2 Å². The van der Waals surface area contributed by atoms with Gasteiger partial charge in [0.15, 0.2) is 0 Å². The van der Waals surface area contributed by atoms with Gasteiger partial charge in [0.25, 0.3) is 0 Å². The van der Waals surface area contributed by atoms with Crippen LogP contribution in [-0.4, -0.2) is 62.4 Å². The smallest absolute Gasteiger partial charge is 0.240 e. The molecule has 0 spiro atoms. The topological polar surface area (TPSA) is 69.7 Å². The summed E-state index contributed by atoms with van der Waals surface area (Å²) in [4.78, 5) is 17.3. The van der Waals surface area contributed by atoms with Gasteiger partial charge in [-0.05, 0) is 44.7 Å². The van der Waals surface area contributed by atoms with E-state index in [1.807, 2.05) is 0 Å². The van der Waals surface area contributed by atoms with Gasteiger partial charge in [0.05, 0.1) is 11.4 Å². The zero-order valence-corrected chi connectivity index (χ0v) is 17.7. The first-order valence-corrected chi connectivity index (χ1v) is 12.1. The molecule has 1 saturated heterocycles. The van der Waals surface area contributed by atoms with E-state index in [0.29, 0.717) is 17.5 Å². The minimum atomic E-state index is -3.48. The van der Waals surface area contributed by atoms with Gasteiger partial charge in [-0.25, -0.2) is 13.1 Å². The first kappa shape index (κ1) is 21.3. The molecule has 0 unspecified atom stereocenters. The zero-order chi connectivity index (χ0) is 20.0. The summed E-state index contributed by atoms with van der Waals surface area (Å²) >= 11 is 0. The van der Waals surface area contributed by atoms with E-state index in [2.05, 4.69) is 21.4 Å². The third kappa shape index (κ3) is 5.55. The molecule has 1 aliphatic carbocycles. The summed E-state index contributed by atoms with van der Waals surface area (Å²) in [6.07, 6.45) is 7.45. The van der Waals surface area contributed by atoms with Crippen molar-refractivity contribution in [1.29, 1.82) is 0 Å². The zero-order valence-electron chi connectivity index (χ0n) is 16.8. The molecular weight excluding hydrogens is 374 g/mol. The fraction of sp³-hybridized carbons (Fsp3) is 0.667. The number of rotatable bonds is 7. The molecule has 6 nitrogen and oxygen atoms in total. The maximum Gasteiger partial charge on any atom is 0.240 e. The van der Waals surface area contributed by atoms with Gasteiger partial charge in [-0.15, -0.1) is 0 Å². The van der Waals surface area contributed by atoms with E-state index >= 15 is 0 Å². The summed E-state index contributed by atoms with van der Waals surface area (Å²) < 4.78 is 27.8. The Balaban J connectivity index is 1.47. The third-order valence-corrected chi connectivity index (χ3v) is 7.53. The van der Waals surface area contributed by atoms with Crippen molar-refractivity contribution in [2.45, 2.75) is 68.8 Å². The first-order valence-electron chi connectivity index (χ1n) is 10.6. The molecule has 1 amide bonds. The Morgan fingerprint density at radius 2 is 1.71 bits per heavy atom. The normalized spacial score (nSPS) is 20.2. The van der Waals surface area contributed by atoms with Crippen LogP contribution in [0.25, 0.3) is 0 Å². The molecule has 0 radical (unpaired) electrons. The Morgan fingerprint density at radius 3 is 2.32 bits per heavy atom. The van der Waals surface area contributed by atoms with Gasteiger partial charge >= 0.3 is 0 Å². The maximum atomic E-state index is 12.8. The molecule has 28 heavy (non-hydrogen) atoms. The summed E-state index contributed by atoms with van der Waals surface area (Å²) in [5.74, 6) is 0.220. The van der Waals surface area contributed by atoms with E-state index in [-0.39, 0.29) is 11.9 Å². The van der Waals surface area contributed by atoms with Crippen LogP contribution in [0.1, 0.15) is 51.9 Å². The lowest BCUT2D eigenvalue weighted by Gasteiger charge is -2.37. The highest BCUT2D eigenvalue weighted by Crippen LogP contribution is 2.23. The number of likely N-dealkylation sites (tertiary alicyclic amines) is 1. The molecule has 1 aromatic rings. The highest BCUT2D eigenvalue weighted by molar-refractivity contribution is 7.89. The second-order valence-corrected chi connectivity index (χ2v) is 9.67. The van der Waals surface area contributed by atoms with Gasteiger partial charge in [-0.1, -0.05) is 37.5 Å². The lowest BCUT2D eigenvalue weighted by atomic mass is 9.94. The number of benzene rings is 1. The van der Waals surface area contributed by atoms with Crippen LogP contribution in [0.4, 0.5) is 0 Å². The van der Waals surface area contributed by atoms with Gasteiger partial charge < -0.3 is 4.90 Å². The molecule has 0 bridgehead atoms. The van der Waals surface area contributed by atoms with Crippen molar-refractivity contribution in [3.63, 3.8) is 0 Å². The van der Waals surface area contributed by atoms with Crippen molar-refractivity contribution >= 4 is 15.9 Å². The van der Waals surface area contributed by atoms with Crippen molar-refractivity contribution in [1.82, 2.24) is 14.5 Å². The Labute approximate surface area is 169 Å². The molecule has 1 saturated carbocycles. The number of nitrogens with one attached hydrogen (secondary N) is 1. The van der Waals surface area contributed by atoms with Crippen molar-refractivity contribution in [2.24, 2.45) is 0 Å². The predicted octanol–water partition coefficient (Wildman–Crippen LogP) is 2.61. The molecule has 2 fully saturated rings. The fourth-order valence-corrected chi connectivity index (χ4v) is 5.74. The van der Waals surface area contributed by atoms with Gasteiger partial charge in [0.2, 0.25) is 15.9 Å². The fourth-order valence-electron chi connectivity index (χ4n) is 4.41. The second-order valence-electron chi connectivity index (χ2n) is 7.96. The van der Waals surface area contributed by atoms with Crippen molar-refractivity contribution in [3.05, 3.63) is 30.3 Å². The molecule has 7 heteroatoms. The molecule has 0 aromatic heterocycles. The van der Waals surface area contributed by atoms with Gasteiger partial charge in [0.1, 0.15) is 0 Å². The number of likely N-dealkylation sites (N-methyl/N-ethyl adjacent to an activating group) is 1. The van der Waals surface area contributed by atoms with Crippen LogP contribution in [0.3, 0.4) is 0 Å². The predicted molar refractivity (Wildman–Crippen MR) is 110 cm³/mol. The van der Waals surface area contributed by atoms with E-state index in [0.717, 1.165) is 45.3 Å². The third-order valence-electron chi connectivity index (χ3n) is 6.00. The van der Waals surface area contributed by atoms with E-state index in [1.165, 1.54) is 19.3 Å². The second kappa shape index (κ2) is 9.85. The van der Waals surface area contributed by atoms with Crippen molar-refractivity contribution in [2.75, 3.05) is 26.2 Å². The Hall–Kier alpha value is -1.44. The Morgan fingerprint density at radius 1 is 1.07 bits per heavy atom. The minimum Gasteiger partial charge on any atom is -0.339 e. The van der Waals surface area contributed by atoms with Crippen LogP contribution in [0.15, 0.2) is 35.2 Å². The van der Waals surface area contributed by atoms with Crippen molar-refractivity contribution in [3.8, 4) is 0 Å². The lowest BCUT2D eigenvalue weighted by molar-refractivity contribution is -0.135. The maximum absolute atomic E-state index is 12.8. The van der Waals surface area contributed by atoms with Crippen LogP contribution in [0, 0.1) is 0 Å². The van der Waals surface area contributed by atoms with E-state index < -0.39 is 10.0 Å². The molecule has 0 atom stereocenters. The standard InChI is InChI=1S/C21H33N3O3S/c1-2-24(19-9-5-3-6-10-19)21(25)17-23-15-13-18(14-16-23)22-28(26,27)20-11-7-4-8-12-20/h4,7-8,11-12,18-19,22H,2-3,5-6,9-10,13-17H2,1H3. The van der Waals surface area contributed by atoms with Crippen LogP contribution in [0.5, 0.6) is 0 Å². The number of carbonyl (C=O) groups is 1. The quantitative estimate of drug-likeness (QED) is 0.754. The summed E-state index contributed by atoms with van der Waals surface area (Å²) in [5, 5.41) is 0. The number of hydrogen-bond acceptors (Lipinski definition) is 4. The van der Waals surface area contributed by atoms with Crippen LogP contribution in [-0.2, 0) is 14.8 Å². The average molecular weight is 408 g/mol. The average Bonchev–Trinajstić information content (AvgIpc) is 2.71. The minimum absolute atomic E-state index is 0.0721. The highest BCUT2D eigenvalue weighted by atomic mass is 32.2. The number of hydrogen-bond donors (Lipinski definition) is 1. The van der Waals surface area contributed by atoms with E-state index in [4.69, 9.17) is 0 Å². The largest absolute Gasteiger partial charge is 0.339 e. The molecular formula is C21H33N3O3S. The molecule has 2 aliphatic rings. The highest BCUT2D eigenvalue weighted by Gasteiger charge is 2.28. The van der Waals surface area contributed by atoms with Crippen LogP contribution >= 0.6 is 0 Å². The van der Waals surface area contributed by atoms with Gasteiger partial charge in [0, 0.05) is 31.7 Å². The lowest BCUT2D eigenvalue weighted by Crippen LogP contribution is -2.50. The molecule has 1 heterocycles. The number of piperidine rings is 1. The van der Waals surface area contributed by atoms with Crippen LogP contribution in [0.2, 0.25) is 0 Å². The van der Waals surface area contributed by atoms with Crippen LogP contribution < -0.4 is 4.72 Å². The van der Waals surface area contributed by atoms with Gasteiger partial charge in [-0.2, -0.15) is 0 Å². The monoisotopic (exact) mass is 407 g/mol. The molecule has 1 aromatic carbocycles. The number of nitrogens with zero attached hydrogens (tertiary/aromatic N) is 2. The van der Waals surface area contributed by atoms with E-state index in [9.17, 15) is 13.2 Å². The Kier molecular flexibility index (Phi) is 7.48. The summed E-state index contributed by atoms with van der Waals surface area (Å²) in [7, 11) is -3.48. The molecule has 156 valence electrons. The Bertz CT molecular complexity index is 725.